The highest BCUT2D eigenvalue weighted by molar-refractivity contribution is 8.03. The van der Waals surface area contributed by atoms with E-state index >= 15 is 0 Å². The van der Waals surface area contributed by atoms with E-state index in [4.69, 9.17) is 13.9 Å². The van der Waals surface area contributed by atoms with Crippen molar-refractivity contribution in [3.63, 3.8) is 0 Å². The van der Waals surface area contributed by atoms with Gasteiger partial charge in [-0.3, -0.25) is 9.59 Å². The predicted octanol–water partition coefficient (Wildman–Crippen LogP) is 5.29. The van der Waals surface area contributed by atoms with Crippen LogP contribution in [-0.4, -0.2) is 25.0 Å². The summed E-state index contributed by atoms with van der Waals surface area (Å²) < 4.78 is 16.5. The number of benzene rings is 2. The normalized spacial score (nSPS) is 13.9. The first kappa shape index (κ1) is 21.8. The number of carbonyl (C=O) groups excluding carboxylic acids is 2. The van der Waals surface area contributed by atoms with Crippen LogP contribution in [0.25, 0.3) is 5.57 Å². The van der Waals surface area contributed by atoms with Crippen LogP contribution in [0.4, 0.5) is 5.69 Å². The van der Waals surface area contributed by atoms with E-state index in [1.165, 1.54) is 16.7 Å². The van der Waals surface area contributed by atoms with E-state index in [2.05, 4.69) is 0 Å². The van der Waals surface area contributed by atoms with Crippen molar-refractivity contribution >= 4 is 34.8 Å². The molecule has 1 aliphatic heterocycles. The summed E-state index contributed by atoms with van der Waals surface area (Å²) in [6.07, 6.45) is 1.48. The molecule has 2 amide bonds. The summed E-state index contributed by atoms with van der Waals surface area (Å²) in [5, 5.41) is 0. The van der Waals surface area contributed by atoms with Crippen molar-refractivity contribution in [2.24, 2.45) is 0 Å². The molecule has 0 atom stereocenters. The van der Waals surface area contributed by atoms with E-state index in [9.17, 15) is 9.59 Å². The van der Waals surface area contributed by atoms with Crippen LogP contribution in [0, 0.1) is 0 Å². The molecular formula is C25H23NO5S. The van der Waals surface area contributed by atoms with Gasteiger partial charge in [-0.2, -0.15) is 0 Å². The van der Waals surface area contributed by atoms with Crippen molar-refractivity contribution in [1.29, 1.82) is 0 Å². The minimum atomic E-state index is -0.387. The summed E-state index contributed by atoms with van der Waals surface area (Å²) in [5.41, 5.74) is 1.43. The third-order valence-electron chi connectivity index (χ3n) is 4.83. The van der Waals surface area contributed by atoms with Gasteiger partial charge in [-0.1, -0.05) is 24.3 Å². The molecule has 164 valence electrons. The van der Waals surface area contributed by atoms with Gasteiger partial charge in [0.15, 0.2) is 0 Å². The van der Waals surface area contributed by atoms with Crippen molar-refractivity contribution < 1.29 is 23.5 Å². The minimum absolute atomic E-state index is 0.106. The minimum Gasteiger partial charge on any atom is -0.497 e. The average molecular weight is 450 g/mol. The Labute approximate surface area is 190 Å². The van der Waals surface area contributed by atoms with E-state index < -0.39 is 0 Å². The molecule has 32 heavy (non-hydrogen) atoms. The Bertz CT molecular complexity index is 1150. The molecule has 1 aromatic heterocycles. The van der Waals surface area contributed by atoms with E-state index in [0.29, 0.717) is 39.0 Å². The first-order chi connectivity index (χ1) is 15.5. The number of hydrogen-bond acceptors (Lipinski definition) is 6. The molecule has 0 unspecified atom stereocenters. The van der Waals surface area contributed by atoms with Gasteiger partial charge in [-0.25, -0.2) is 4.90 Å². The summed E-state index contributed by atoms with van der Waals surface area (Å²) >= 11 is 1.29. The van der Waals surface area contributed by atoms with Crippen molar-refractivity contribution in [2.75, 3.05) is 12.0 Å². The lowest BCUT2D eigenvalue weighted by Crippen LogP contribution is -2.32. The van der Waals surface area contributed by atoms with Crippen LogP contribution in [-0.2, 0) is 15.3 Å². The molecule has 0 saturated heterocycles. The van der Waals surface area contributed by atoms with Gasteiger partial charge >= 0.3 is 0 Å². The smallest absolute Gasteiger partial charge is 0.272 e. The van der Waals surface area contributed by atoms with Gasteiger partial charge in [0.05, 0.1) is 41.4 Å². The number of para-hydroxylation sites is 2. The summed E-state index contributed by atoms with van der Waals surface area (Å²) in [7, 11) is 1.58. The number of furan rings is 1. The molecule has 0 N–H and O–H groups in total. The number of carbonyl (C=O) groups is 2. The molecule has 6 nitrogen and oxygen atoms in total. The second-order valence-corrected chi connectivity index (χ2v) is 8.37. The molecule has 2 heterocycles. The van der Waals surface area contributed by atoms with Crippen LogP contribution in [0.1, 0.15) is 25.2 Å². The Hall–Kier alpha value is -3.45. The van der Waals surface area contributed by atoms with Crippen LogP contribution < -0.4 is 14.4 Å². The number of ether oxygens (including phenoxy) is 2. The Kier molecular flexibility index (Phi) is 6.37. The number of rotatable bonds is 8. The van der Waals surface area contributed by atoms with Crippen LogP contribution in [0.3, 0.4) is 0 Å². The second-order valence-electron chi connectivity index (χ2n) is 7.38. The van der Waals surface area contributed by atoms with Crippen LogP contribution >= 0.6 is 11.8 Å². The quantitative estimate of drug-likeness (QED) is 0.435. The first-order valence-corrected chi connectivity index (χ1v) is 11.2. The number of methoxy groups -OCH3 is 1. The molecule has 0 saturated carbocycles. The summed E-state index contributed by atoms with van der Waals surface area (Å²) in [4.78, 5) is 28.7. The molecule has 3 aromatic rings. The molecule has 2 aromatic carbocycles. The van der Waals surface area contributed by atoms with E-state index in [-0.39, 0.29) is 17.9 Å². The molecule has 4 rings (SSSR count). The summed E-state index contributed by atoms with van der Waals surface area (Å²) in [6, 6.07) is 17.8. The maximum Gasteiger partial charge on any atom is 0.272 e. The fourth-order valence-corrected chi connectivity index (χ4v) is 4.42. The maximum atomic E-state index is 13.6. The number of nitrogens with zero attached hydrogens (tertiary/aromatic N) is 1. The van der Waals surface area contributed by atoms with Gasteiger partial charge in [-0.05, 0) is 55.8 Å². The average Bonchev–Trinajstić information content (AvgIpc) is 3.39. The van der Waals surface area contributed by atoms with Crippen LogP contribution in [0.2, 0.25) is 0 Å². The summed E-state index contributed by atoms with van der Waals surface area (Å²) in [6.45, 7) is 3.80. The zero-order valence-electron chi connectivity index (χ0n) is 18.0. The molecule has 1 aliphatic rings. The second kappa shape index (κ2) is 9.36. The zero-order chi connectivity index (χ0) is 22.7. The van der Waals surface area contributed by atoms with Crippen LogP contribution in [0.5, 0.6) is 11.5 Å². The van der Waals surface area contributed by atoms with Crippen molar-refractivity contribution in [3.05, 3.63) is 83.2 Å². The SMILES string of the molecule is COc1ccc(C2=C(SCc3ccco3)C(=O)N(c3ccccc3OC(C)C)C2=O)cc1. The Morgan fingerprint density at radius 1 is 0.969 bits per heavy atom. The Morgan fingerprint density at radius 3 is 2.38 bits per heavy atom. The first-order valence-electron chi connectivity index (χ1n) is 10.2. The van der Waals surface area contributed by atoms with Gasteiger partial charge in [0.2, 0.25) is 0 Å². The third-order valence-corrected chi connectivity index (χ3v) is 5.92. The molecule has 0 bridgehead atoms. The van der Waals surface area contributed by atoms with Crippen molar-refractivity contribution in [2.45, 2.75) is 25.7 Å². The van der Waals surface area contributed by atoms with E-state index in [1.54, 1.807) is 61.9 Å². The summed E-state index contributed by atoms with van der Waals surface area (Å²) in [5.74, 6) is 1.54. The third kappa shape index (κ3) is 4.29. The monoisotopic (exact) mass is 449 g/mol. The molecule has 0 radical (unpaired) electrons. The van der Waals surface area contributed by atoms with Gasteiger partial charge in [0, 0.05) is 0 Å². The Morgan fingerprint density at radius 2 is 1.72 bits per heavy atom. The molecular weight excluding hydrogens is 426 g/mol. The van der Waals surface area contributed by atoms with Gasteiger partial charge in [-0.15, -0.1) is 11.8 Å². The van der Waals surface area contributed by atoms with Crippen molar-refractivity contribution in [3.8, 4) is 11.5 Å². The molecule has 0 fully saturated rings. The number of thioether (sulfide) groups is 1. The topological polar surface area (TPSA) is 69.0 Å². The number of amides is 2. The fraction of sp³-hybridized carbons (Fsp3) is 0.200. The largest absolute Gasteiger partial charge is 0.497 e. The zero-order valence-corrected chi connectivity index (χ0v) is 18.8. The van der Waals surface area contributed by atoms with Gasteiger partial charge in [0.1, 0.15) is 17.3 Å². The highest BCUT2D eigenvalue weighted by Crippen LogP contribution is 2.42. The maximum absolute atomic E-state index is 13.6. The lowest BCUT2D eigenvalue weighted by atomic mass is 10.1. The van der Waals surface area contributed by atoms with E-state index in [0.717, 1.165) is 5.76 Å². The molecule has 0 spiro atoms. The van der Waals surface area contributed by atoms with Gasteiger partial charge in [0.25, 0.3) is 11.8 Å². The highest BCUT2D eigenvalue weighted by Gasteiger charge is 2.41. The van der Waals surface area contributed by atoms with Gasteiger partial charge < -0.3 is 13.9 Å². The lowest BCUT2D eigenvalue weighted by Gasteiger charge is -2.20. The Balaban J connectivity index is 1.76. The molecule has 0 aliphatic carbocycles. The fourth-order valence-electron chi connectivity index (χ4n) is 3.41. The molecule has 7 heteroatoms. The standard InChI is InChI=1S/C25H23NO5S/c1-16(2)31-21-9-5-4-8-20(21)26-24(27)22(17-10-12-18(29-3)13-11-17)23(25(26)28)32-15-19-7-6-14-30-19/h4-14,16H,15H2,1-3H3. The number of hydrogen-bond donors (Lipinski definition) is 0. The predicted molar refractivity (Wildman–Crippen MR) is 125 cm³/mol. The number of anilines is 1. The van der Waals surface area contributed by atoms with Crippen LogP contribution in [0.15, 0.2) is 76.2 Å². The van der Waals surface area contributed by atoms with Crippen molar-refractivity contribution in [1.82, 2.24) is 0 Å². The van der Waals surface area contributed by atoms with E-state index in [1.807, 2.05) is 26.0 Å². The highest BCUT2D eigenvalue weighted by atomic mass is 32.2. The lowest BCUT2D eigenvalue weighted by molar-refractivity contribution is -0.119. The number of imide groups is 1.